The van der Waals surface area contributed by atoms with Gasteiger partial charge in [-0.15, -0.1) is 0 Å². The van der Waals surface area contributed by atoms with Gasteiger partial charge in [0.1, 0.15) is 5.65 Å². The highest BCUT2D eigenvalue weighted by atomic mass is 16.5. The highest BCUT2D eigenvalue weighted by molar-refractivity contribution is 5.95. The number of pyridine rings is 1. The second-order valence-electron chi connectivity index (χ2n) is 6.33. The molecule has 0 radical (unpaired) electrons. The molecule has 1 aromatic carbocycles. The lowest BCUT2D eigenvalue weighted by Gasteiger charge is -2.26. The second-order valence-corrected chi connectivity index (χ2v) is 6.33. The summed E-state index contributed by atoms with van der Waals surface area (Å²) >= 11 is 0. The van der Waals surface area contributed by atoms with Crippen LogP contribution >= 0.6 is 0 Å². The van der Waals surface area contributed by atoms with E-state index in [1.807, 2.05) is 41.8 Å². The first kappa shape index (κ1) is 14.7. The maximum absolute atomic E-state index is 12.8. The molecule has 4 rings (SSSR count). The van der Waals surface area contributed by atoms with Gasteiger partial charge < -0.3 is 9.64 Å². The third-order valence-electron chi connectivity index (χ3n) is 4.79. The van der Waals surface area contributed by atoms with E-state index >= 15 is 0 Å². The molecule has 5 heteroatoms. The predicted octanol–water partition coefficient (Wildman–Crippen LogP) is 3.39. The highest BCUT2D eigenvalue weighted by Crippen LogP contribution is 2.27. The zero-order chi connectivity index (χ0) is 18.1. The Morgan fingerprint density at radius 3 is 3.00 bits per heavy atom. The monoisotopic (exact) mass is 336 g/mol. The minimum absolute atomic E-state index is 0.0269. The Hall–Kier alpha value is -2.66. The van der Waals surface area contributed by atoms with Crippen LogP contribution < -0.4 is 4.90 Å². The first-order chi connectivity index (χ1) is 12.6. The van der Waals surface area contributed by atoms with Crippen molar-refractivity contribution in [2.75, 3.05) is 25.2 Å². The van der Waals surface area contributed by atoms with Crippen molar-refractivity contribution < 1.29 is 10.9 Å². The van der Waals surface area contributed by atoms with E-state index in [9.17, 15) is 4.79 Å². The van der Waals surface area contributed by atoms with E-state index in [0.29, 0.717) is 19.3 Å². The summed E-state index contributed by atoms with van der Waals surface area (Å²) in [5, 5.41) is 0. The van der Waals surface area contributed by atoms with Gasteiger partial charge in [-0.3, -0.25) is 9.20 Å². The number of carbonyl (C=O) groups excluding carboxylic acids is 1. The van der Waals surface area contributed by atoms with Crippen molar-refractivity contribution in [1.29, 1.82) is 0 Å². The number of carbonyl (C=O) groups is 1. The Morgan fingerprint density at radius 2 is 2.16 bits per heavy atom. The van der Waals surface area contributed by atoms with Gasteiger partial charge in [0.15, 0.2) is 0 Å². The molecule has 1 fully saturated rings. The van der Waals surface area contributed by atoms with Crippen molar-refractivity contribution in [3.8, 4) is 11.3 Å². The lowest BCUT2D eigenvalue weighted by molar-refractivity contribution is -0.124. The van der Waals surface area contributed by atoms with Gasteiger partial charge in [0, 0.05) is 43.6 Å². The van der Waals surface area contributed by atoms with Gasteiger partial charge in [0.25, 0.3) is 0 Å². The quantitative estimate of drug-likeness (QED) is 0.736. The largest absolute Gasteiger partial charge is 0.381 e. The summed E-state index contributed by atoms with van der Waals surface area (Å²) in [6.45, 7) is 1.31. The van der Waals surface area contributed by atoms with Crippen molar-refractivity contribution in [3.05, 3.63) is 54.8 Å². The van der Waals surface area contributed by atoms with Gasteiger partial charge >= 0.3 is 0 Å². The molecule has 1 aliphatic heterocycles. The highest BCUT2D eigenvalue weighted by Gasteiger charge is 2.25. The SMILES string of the molecule is [2H]c1ccc2ncc(-c3cccc(N(C)C(=O)C4CCOCC4)c3)n2c1. The maximum atomic E-state index is 12.8. The number of hydrogen-bond donors (Lipinski definition) is 0. The smallest absolute Gasteiger partial charge is 0.230 e. The second kappa shape index (κ2) is 6.69. The third-order valence-corrected chi connectivity index (χ3v) is 4.79. The summed E-state index contributed by atoms with van der Waals surface area (Å²) in [5.41, 5.74) is 3.53. The van der Waals surface area contributed by atoms with E-state index in [1.54, 1.807) is 23.4 Å². The number of nitrogens with zero attached hydrogens (tertiary/aromatic N) is 3. The van der Waals surface area contributed by atoms with Crippen molar-refractivity contribution in [2.45, 2.75) is 12.8 Å². The van der Waals surface area contributed by atoms with Crippen molar-refractivity contribution >= 4 is 17.2 Å². The summed E-state index contributed by atoms with van der Waals surface area (Å²) in [4.78, 5) is 18.9. The van der Waals surface area contributed by atoms with Gasteiger partial charge in [-0.2, -0.15) is 0 Å². The van der Waals surface area contributed by atoms with E-state index in [0.717, 1.165) is 35.4 Å². The summed E-state index contributed by atoms with van der Waals surface area (Å²) < 4.78 is 15.1. The standard InChI is InChI=1S/C20H21N3O2/c1-22(20(24)15-8-11-25-12-9-15)17-6-4-5-16(13-17)18-14-21-19-7-2-3-10-23(18)19/h2-7,10,13-15H,8-9,11-12H2,1H3/i3D. The molecule has 5 nitrogen and oxygen atoms in total. The summed E-state index contributed by atoms with van der Waals surface area (Å²) in [5.74, 6) is 0.163. The Bertz CT molecular complexity index is 947. The number of imidazole rings is 1. The Morgan fingerprint density at radius 1 is 1.32 bits per heavy atom. The number of rotatable bonds is 3. The van der Waals surface area contributed by atoms with Gasteiger partial charge in [0.2, 0.25) is 5.91 Å². The fourth-order valence-corrected chi connectivity index (χ4v) is 3.31. The first-order valence-corrected chi connectivity index (χ1v) is 8.53. The Labute approximate surface area is 148 Å². The molecule has 0 atom stereocenters. The molecule has 128 valence electrons. The van der Waals surface area contributed by atoms with E-state index in [4.69, 9.17) is 6.11 Å². The number of amides is 1. The fourth-order valence-electron chi connectivity index (χ4n) is 3.31. The first-order valence-electron chi connectivity index (χ1n) is 9.03. The topological polar surface area (TPSA) is 46.8 Å². The van der Waals surface area contributed by atoms with Crippen LogP contribution in [0.3, 0.4) is 0 Å². The van der Waals surface area contributed by atoms with Crippen molar-refractivity contribution in [3.63, 3.8) is 0 Å². The Kier molecular flexibility index (Phi) is 3.92. The minimum atomic E-state index is 0.0269. The van der Waals surface area contributed by atoms with Gasteiger partial charge in [-0.1, -0.05) is 18.2 Å². The van der Waals surface area contributed by atoms with Crippen LogP contribution in [-0.4, -0.2) is 35.6 Å². The molecular formula is C20H21N3O2. The number of ether oxygens (including phenoxy) is 1. The molecule has 0 N–H and O–H groups in total. The summed E-state index contributed by atoms with van der Waals surface area (Å²) in [7, 11) is 1.83. The number of aromatic nitrogens is 2. The van der Waals surface area contributed by atoms with E-state index in [1.165, 1.54) is 0 Å². The number of hydrogen-bond acceptors (Lipinski definition) is 3. The summed E-state index contributed by atoms with van der Waals surface area (Å²) in [6.07, 6.45) is 5.11. The average Bonchev–Trinajstić information content (AvgIpc) is 3.10. The van der Waals surface area contributed by atoms with Crippen molar-refractivity contribution in [1.82, 2.24) is 9.38 Å². The van der Waals surface area contributed by atoms with Gasteiger partial charge in [-0.05, 0) is 37.1 Å². The molecule has 2 aromatic heterocycles. The Balaban J connectivity index is 1.65. The van der Waals surface area contributed by atoms with Crippen LogP contribution in [0.2, 0.25) is 0 Å². The number of benzene rings is 1. The zero-order valence-electron chi connectivity index (χ0n) is 15.2. The maximum Gasteiger partial charge on any atom is 0.230 e. The van der Waals surface area contributed by atoms with Gasteiger partial charge in [-0.25, -0.2) is 4.98 Å². The molecule has 1 aliphatic rings. The van der Waals surface area contributed by atoms with Crippen LogP contribution in [-0.2, 0) is 9.53 Å². The van der Waals surface area contributed by atoms with Crippen LogP contribution in [0.15, 0.2) is 54.8 Å². The van der Waals surface area contributed by atoms with Crippen LogP contribution in [0.5, 0.6) is 0 Å². The van der Waals surface area contributed by atoms with E-state index < -0.39 is 0 Å². The van der Waals surface area contributed by atoms with Gasteiger partial charge in [0.05, 0.1) is 13.3 Å². The summed E-state index contributed by atoms with van der Waals surface area (Å²) in [6, 6.07) is 11.9. The molecule has 1 amide bonds. The van der Waals surface area contributed by atoms with E-state index in [-0.39, 0.29) is 11.8 Å². The molecule has 0 aliphatic carbocycles. The normalized spacial score (nSPS) is 16.0. The van der Waals surface area contributed by atoms with Crippen LogP contribution in [0, 0.1) is 5.92 Å². The average molecular weight is 336 g/mol. The minimum Gasteiger partial charge on any atom is -0.381 e. The van der Waals surface area contributed by atoms with E-state index in [2.05, 4.69) is 4.98 Å². The number of anilines is 1. The zero-order valence-corrected chi connectivity index (χ0v) is 14.2. The molecule has 3 heterocycles. The molecule has 3 aromatic rings. The lowest BCUT2D eigenvalue weighted by atomic mass is 9.98. The lowest BCUT2D eigenvalue weighted by Crippen LogP contribution is -2.35. The van der Waals surface area contributed by atoms with Crippen LogP contribution in [0.1, 0.15) is 14.2 Å². The molecule has 0 bridgehead atoms. The fraction of sp³-hybridized carbons (Fsp3) is 0.300. The van der Waals surface area contributed by atoms with Crippen LogP contribution in [0.4, 0.5) is 5.69 Å². The molecule has 0 saturated carbocycles. The van der Waals surface area contributed by atoms with Crippen LogP contribution in [0.25, 0.3) is 16.9 Å². The molecule has 0 spiro atoms. The molecule has 25 heavy (non-hydrogen) atoms. The third kappa shape index (κ3) is 3.03. The number of fused-ring (bicyclic) bond motifs is 1. The molecule has 1 saturated heterocycles. The predicted molar refractivity (Wildman–Crippen MR) is 97.6 cm³/mol. The molecule has 0 unspecified atom stereocenters. The molecular weight excluding hydrogens is 314 g/mol. The van der Waals surface area contributed by atoms with Crippen molar-refractivity contribution in [2.24, 2.45) is 5.92 Å².